The van der Waals surface area contributed by atoms with Crippen LogP contribution in [-0.4, -0.2) is 39.3 Å². The van der Waals surface area contributed by atoms with E-state index in [-0.39, 0.29) is 11.3 Å². The van der Waals surface area contributed by atoms with Crippen molar-refractivity contribution in [2.75, 3.05) is 16.1 Å². The van der Waals surface area contributed by atoms with Crippen LogP contribution in [0.4, 0.5) is 5.69 Å². The average molecular weight is 307 g/mol. The lowest BCUT2D eigenvalue weighted by molar-refractivity contribution is 0.0696. The summed E-state index contributed by atoms with van der Waals surface area (Å²) in [7, 11) is -7.78. The number of rotatable bonds is 5. The third-order valence-electron chi connectivity index (χ3n) is 2.11. The van der Waals surface area contributed by atoms with Crippen molar-refractivity contribution in [3.8, 4) is 0 Å². The minimum Gasteiger partial charge on any atom is -0.478 e. The Kier molecular flexibility index (Phi) is 4.21. The fourth-order valence-electron chi connectivity index (χ4n) is 1.41. The van der Waals surface area contributed by atoms with Gasteiger partial charge in [0.05, 0.1) is 5.56 Å². The smallest absolute Gasteiger partial charge is 0.336 e. The molecule has 0 heterocycles. The van der Waals surface area contributed by atoms with E-state index >= 15 is 0 Å². The zero-order valence-electron chi connectivity index (χ0n) is 10.2. The van der Waals surface area contributed by atoms with Crippen LogP contribution in [0.25, 0.3) is 0 Å². The Morgan fingerprint density at radius 1 is 1.26 bits per heavy atom. The van der Waals surface area contributed by atoms with Gasteiger partial charge in [0.2, 0.25) is 10.0 Å². The fraction of sp³-hybridized carbons (Fsp3) is 0.300. The largest absolute Gasteiger partial charge is 0.478 e. The molecule has 106 valence electrons. The maximum absolute atomic E-state index is 11.5. The zero-order valence-corrected chi connectivity index (χ0v) is 11.9. The summed E-state index contributed by atoms with van der Waals surface area (Å²) in [6.07, 6.45) is 0.796. The molecule has 1 aromatic rings. The lowest BCUT2D eigenvalue weighted by Crippen LogP contribution is -2.22. The first-order valence-electron chi connectivity index (χ1n) is 5.02. The summed E-state index contributed by atoms with van der Waals surface area (Å²) in [5.41, 5.74) is 0.421. The van der Waals surface area contributed by atoms with E-state index in [1.54, 1.807) is 6.92 Å². The number of hydrogen-bond donors (Lipinski definition) is 2. The second-order valence-corrected chi connectivity index (χ2v) is 8.32. The number of carboxylic acid groups (broad SMARTS) is 1. The lowest BCUT2D eigenvalue weighted by atomic mass is 10.1. The topological polar surface area (TPSA) is 118 Å². The molecule has 0 fully saturated rings. The van der Waals surface area contributed by atoms with E-state index in [1.807, 2.05) is 4.72 Å². The number of nitrogens with one attached hydrogen (secondary N) is 1. The number of carbonyl (C=O) groups is 1. The molecule has 0 aliphatic heterocycles. The van der Waals surface area contributed by atoms with Crippen LogP contribution in [0, 0.1) is 6.92 Å². The van der Waals surface area contributed by atoms with Gasteiger partial charge in [0.15, 0.2) is 14.9 Å². The Labute approximate surface area is 111 Å². The van der Waals surface area contributed by atoms with E-state index in [1.165, 1.54) is 12.1 Å². The molecular formula is C10H13NO6S2. The van der Waals surface area contributed by atoms with Gasteiger partial charge in [-0.05, 0) is 24.6 Å². The molecule has 0 aliphatic carbocycles. The van der Waals surface area contributed by atoms with Crippen LogP contribution in [0.1, 0.15) is 15.9 Å². The van der Waals surface area contributed by atoms with Crippen LogP contribution in [0.5, 0.6) is 0 Å². The van der Waals surface area contributed by atoms with Crippen LogP contribution in [0.3, 0.4) is 0 Å². The molecule has 0 unspecified atom stereocenters. The Morgan fingerprint density at radius 3 is 2.32 bits per heavy atom. The van der Waals surface area contributed by atoms with Crippen molar-refractivity contribution < 1.29 is 26.7 Å². The van der Waals surface area contributed by atoms with Crippen molar-refractivity contribution in [2.24, 2.45) is 0 Å². The van der Waals surface area contributed by atoms with E-state index in [2.05, 4.69) is 0 Å². The Balaban J connectivity index is 3.07. The van der Waals surface area contributed by atoms with Gasteiger partial charge in [-0.3, -0.25) is 4.72 Å². The van der Waals surface area contributed by atoms with Gasteiger partial charge in [0.25, 0.3) is 0 Å². The van der Waals surface area contributed by atoms with Gasteiger partial charge < -0.3 is 5.11 Å². The van der Waals surface area contributed by atoms with Crippen LogP contribution in [-0.2, 0) is 19.9 Å². The maximum atomic E-state index is 11.5. The third-order valence-corrected chi connectivity index (χ3v) is 5.61. The molecule has 0 radical (unpaired) electrons. The molecule has 0 amide bonds. The summed E-state index contributed by atoms with van der Waals surface area (Å²) in [5, 5.41) is 7.84. The van der Waals surface area contributed by atoms with E-state index in [4.69, 9.17) is 5.11 Å². The Hall–Kier alpha value is -1.61. The van der Waals surface area contributed by atoms with E-state index in [9.17, 15) is 21.6 Å². The highest BCUT2D eigenvalue weighted by Crippen LogP contribution is 2.17. The summed E-state index contributed by atoms with van der Waals surface area (Å²) in [6, 6.07) is 3.93. The summed E-state index contributed by atoms with van der Waals surface area (Å²) < 4.78 is 47.0. The van der Waals surface area contributed by atoms with Gasteiger partial charge in [-0.25, -0.2) is 21.6 Å². The predicted octanol–water partition coefficient (Wildman–Crippen LogP) is 0.437. The molecule has 0 spiro atoms. The van der Waals surface area contributed by atoms with E-state index < -0.39 is 30.9 Å². The predicted molar refractivity (Wildman–Crippen MR) is 70.4 cm³/mol. The number of aryl methyl sites for hydroxylation is 1. The molecule has 7 nitrogen and oxygen atoms in total. The van der Waals surface area contributed by atoms with Crippen molar-refractivity contribution in [2.45, 2.75) is 6.92 Å². The molecular weight excluding hydrogens is 294 g/mol. The molecule has 9 heteroatoms. The number of anilines is 1. The lowest BCUT2D eigenvalue weighted by Gasteiger charge is -2.09. The minimum atomic E-state index is -4.08. The second-order valence-electron chi connectivity index (χ2n) is 4.10. The molecule has 0 saturated carbocycles. The normalized spacial score (nSPS) is 12.1. The molecule has 0 bridgehead atoms. The maximum Gasteiger partial charge on any atom is 0.336 e. The first-order chi connectivity index (χ1) is 8.50. The number of aromatic carboxylic acids is 1. The SMILES string of the molecule is Cc1ccc(NS(=O)(=O)CS(C)(=O)=O)cc1C(=O)O. The monoisotopic (exact) mass is 307 g/mol. The van der Waals surface area contributed by atoms with E-state index in [0.717, 1.165) is 12.3 Å². The molecule has 0 saturated heterocycles. The highest BCUT2D eigenvalue weighted by atomic mass is 32.3. The third kappa shape index (κ3) is 4.87. The van der Waals surface area contributed by atoms with Gasteiger partial charge in [-0.2, -0.15) is 0 Å². The van der Waals surface area contributed by atoms with Crippen molar-refractivity contribution in [1.82, 2.24) is 0 Å². The van der Waals surface area contributed by atoms with Crippen molar-refractivity contribution in [3.63, 3.8) is 0 Å². The Bertz CT molecular complexity index is 706. The standard InChI is InChI=1S/C10H13NO6S2/c1-7-3-4-8(5-9(7)10(12)13)11-19(16,17)6-18(2,14)15/h3-5,11H,6H2,1-2H3,(H,12,13). The van der Waals surface area contributed by atoms with Crippen molar-refractivity contribution >= 4 is 31.5 Å². The number of hydrogen-bond acceptors (Lipinski definition) is 5. The van der Waals surface area contributed by atoms with Crippen LogP contribution >= 0.6 is 0 Å². The highest BCUT2D eigenvalue weighted by molar-refractivity contribution is 8.08. The summed E-state index contributed by atoms with van der Waals surface area (Å²) >= 11 is 0. The minimum absolute atomic E-state index is 0.00616. The van der Waals surface area contributed by atoms with Crippen LogP contribution < -0.4 is 4.72 Å². The van der Waals surface area contributed by atoms with Crippen molar-refractivity contribution in [1.29, 1.82) is 0 Å². The second kappa shape index (κ2) is 5.17. The number of benzene rings is 1. The van der Waals surface area contributed by atoms with Gasteiger partial charge in [-0.1, -0.05) is 6.07 Å². The fourth-order valence-corrected chi connectivity index (χ4v) is 4.38. The molecule has 19 heavy (non-hydrogen) atoms. The molecule has 1 aromatic carbocycles. The quantitative estimate of drug-likeness (QED) is 0.815. The summed E-state index contributed by atoms with van der Waals surface area (Å²) in [5.74, 6) is -1.19. The first kappa shape index (κ1) is 15.4. The summed E-state index contributed by atoms with van der Waals surface area (Å²) in [6.45, 7) is 1.57. The molecule has 1 rings (SSSR count). The zero-order chi connectivity index (χ0) is 14.8. The van der Waals surface area contributed by atoms with Gasteiger partial charge >= 0.3 is 5.97 Å². The number of sulfonamides is 1. The molecule has 0 atom stereocenters. The molecule has 2 N–H and O–H groups in total. The van der Waals surface area contributed by atoms with Gasteiger partial charge in [-0.15, -0.1) is 0 Å². The van der Waals surface area contributed by atoms with E-state index in [0.29, 0.717) is 5.56 Å². The highest BCUT2D eigenvalue weighted by Gasteiger charge is 2.19. The number of carboxylic acids is 1. The first-order valence-corrected chi connectivity index (χ1v) is 8.73. The Morgan fingerprint density at radius 2 is 1.84 bits per heavy atom. The average Bonchev–Trinajstić information content (AvgIpc) is 2.16. The van der Waals surface area contributed by atoms with Gasteiger partial charge in [0, 0.05) is 11.9 Å². The van der Waals surface area contributed by atoms with Gasteiger partial charge in [0.1, 0.15) is 0 Å². The molecule has 0 aromatic heterocycles. The molecule has 0 aliphatic rings. The number of sulfone groups is 1. The van der Waals surface area contributed by atoms with Crippen LogP contribution in [0.15, 0.2) is 18.2 Å². The summed E-state index contributed by atoms with van der Waals surface area (Å²) in [4.78, 5) is 10.9. The van der Waals surface area contributed by atoms with Crippen molar-refractivity contribution in [3.05, 3.63) is 29.3 Å². The van der Waals surface area contributed by atoms with Crippen LogP contribution in [0.2, 0.25) is 0 Å².